The molecule has 0 amide bonds. The summed E-state index contributed by atoms with van der Waals surface area (Å²) in [6.07, 6.45) is 0. The number of hydrogen-bond donors (Lipinski definition) is 3. The van der Waals surface area contributed by atoms with Crippen LogP contribution in [0, 0.1) is 0 Å². The molecule has 0 saturated heterocycles. The molecule has 0 heterocycles. The maximum absolute atomic E-state index is 11.0. The van der Waals surface area contributed by atoms with E-state index in [0.717, 1.165) is 5.39 Å². The Morgan fingerprint density at radius 1 is 0.714 bits per heavy atom. The predicted molar refractivity (Wildman–Crippen MR) is 82.2 cm³/mol. The average Bonchev–Trinajstić information content (AvgIpc) is 2.25. The van der Waals surface area contributed by atoms with Gasteiger partial charge in [-0.3, -0.25) is 13.7 Å². The molecule has 2 aromatic rings. The molecular formula is C10H12Na2O7S2. The summed E-state index contributed by atoms with van der Waals surface area (Å²) in [6, 6.07) is 11.8. The second kappa shape index (κ2) is 9.58. The first kappa shape index (κ1) is 23.7. The predicted octanol–water partition coefficient (Wildman–Crippen LogP) is 0.137. The van der Waals surface area contributed by atoms with Gasteiger partial charge in [-0.15, -0.1) is 0 Å². The van der Waals surface area contributed by atoms with Gasteiger partial charge in [0.2, 0.25) is 0 Å². The first-order valence-electron chi connectivity index (χ1n) is 4.74. The third kappa shape index (κ3) is 9.26. The van der Waals surface area contributed by atoms with Crippen molar-refractivity contribution in [2.75, 3.05) is 0 Å². The number of hydrogen-bond acceptors (Lipinski definition) is 4. The minimum absolute atomic E-state index is 0. The van der Waals surface area contributed by atoms with Crippen LogP contribution in [0.5, 0.6) is 0 Å². The molecular weight excluding hydrogens is 342 g/mol. The van der Waals surface area contributed by atoms with Crippen LogP contribution in [0.2, 0.25) is 0 Å². The summed E-state index contributed by atoms with van der Waals surface area (Å²) in [7, 11) is -8.80. The van der Waals surface area contributed by atoms with E-state index in [9.17, 15) is 8.42 Å². The van der Waals surface area contributed by atoms with Gasteiger partial charge in [-0.05, 0) is 11.5 Å². The zero-order valence-corrected chi connectivity index (χ0v) is 11.0. The van der Waals surface area contributed by atoms with Gasteiger partial charge in [0.25, 0.3) is 10.1 Å². The molecule has 0 bridgehead atoms. The second-order valence-corrected chi connectivity index (χ2v) is 5.69. The van der Waals surface area contributed by atoms with E-state index in [4.69, 9.17) is 22.1 Å². The normalized spacial score (nSPS) is 10.6. The third-order valence-electron chi connectivity index (χ3n) is 2.03. The summed E-state index contributed by atoms with van der Waals surface area (Å²) in [5, 5.41) is 1.33. The topological polar surface area (TPSA) is 129 Å². The van der Waals surface area contributed by atoms with E-state index in [2.05, 4.69) is 0 Å². The molecule has 0 fully saturated rings. The summed E-state index contributed by atoms with van der Waals surface area (Å²) in [5.41, 5.74) is 0. The molecule has 0 radical (unpaired) electrons. The Kier molecular flexibility index (Phi) is 10.8. The van der Waals surface area contributed by atoms with Gasteiger partial charge >= 0.3 is 69.5 Å². The van der Waals surface area contributed by atoms with Gasteiger partial charge in [0.1, 0.15) is 4.90 Å². The standard InChI is InChI=1S/C10H8O3S.2Na.H2O4S.2H/c11-14(12,13)10-7-3-5-8-4-1-2-6-9(8)10;;;1-5(2,3)4;;/h1-7H,(H,11,12,13);;;(H2,1,2,3,4);;. The van der Waals surface area contributed by atoms with Crippen molar-refractivity contribution in [2.24, 2.45) is 0 Å². The summed E-state index contributed by atoms with van der Waals surface area (Å²) < 4.78 is 62.5. The molecule has 3 N–H and O–H groups in total. The van der Waals surface area contributed by atoms with Crippen LogP contribution in [0.15, 0.2) is 47.4 Å². The molecule has 0 aromatic heterocycles. The van der Waals surface area contributed by atoms with Crippen molar-refractivity contribution in [2.45, 2.75) is 4.90 Å². The minimum atomic E-state index is -4.67. The van der Waals surface area contributed by atoms with E-state index in [-0.39, 0.29) is 64.0 Å². The fourth-order valence-electron chi connectivity index (χ4n) is 1.42. The van der Waals surface area contributed by atoms with Crippen molar-refractivity contribution >= 4 is 90.4 Å². The van der Waals surface area contributed by atoms with Crippen LogP contribution in [-0.2, 0) is 20.5 Å². The molecule has 2 aromatic carbocycles. The van der Waals surface area contributed by atoms with Crippen molar-refractivity contribution in [3.63, 3.8) is 0 Å². The summed E-state index contributed by atoms with van der Waals surface area (Å²) >= 11 is 0. The summed E-state index contributed by atoms with van der Waals surface area (Å²) in [5.74, 6) is 0. The number of fused-ring (bicyclic) bond motifs is 1. The molecule has 0 unspecified atom stereocenters. The second-order valence-electron chi connectivity index (χ2n) is 3.40. The van der Waals surface area contributed by atoms with Crippen LogP contribution < -0.4 is 0 Å². The van der Waals surface area contributed by atoms with Gasteiger partial charge in [0.05, 0.1) is 0 Å². The molecule has 0 aliphatic heterocycles. The van der Waals surface area contributed by atoms with Crippen LogP contribution in [0.3, 0.4) is 0 Å². The Hall–Kier alpha value is 0.480. The summed E-state index contributed by atoms with van der Waals surface area (Å²) in [4.78, 5) is -0.0457. The molecule has 0 aliphatic carbocycles. The SMILES string of the molecule is O=S(=O)(O)O.O=S(=O)(O)c1cccc2ccccc12.[NaH].[NaH]. The van der Waals surface area contributed by atoms with Crippen LogP contribution in [0.1, 0.15) is 0 Å². The molecule has 21 heavy (non-hydrogen) atoms. The molecule has 11 heteroatoms. The Morgan fingerprint density at radius 2 is 1.14 bits per heavy atom. The quantitative estimate of drug-likeness (QED) is 0.490. The van der Waals surface area contributed by atoms with Gasteiger partial charge in [-0.25, -0.2) is 0 Å². The van der Waals surface area contributed by atoms with Gasteiger partial charge in [0, 0.05) is 5.39 Å². The molecule has 0 spiro atoms. The third-order valence-corrected chi connectivity index (χ3v) is 2.94. The average molecular weight is 354 g/mol. The fourth-order valence-corrected chi connectivity index (χ4v) is 2.13. The Balaban J connectivity index is 0. The van der Waals surface area contributed by atoms with Crippen LogP contribution in [0.25, 0.3) is 10.8 Å². The maximum atomic E-state index is 11.0. The molecule has 108 valence electrons. The van der Waals surface area contributed by atoms with Crippen LogP contribution in [-0.4, -0.2) is 89.6 Å². The molecule has 2 rings (SSSR count). The Labute approximate surface area is 166 Å². The Bertz CT molecular complexity index is 775. The van der Waals surface area contributed by atoms with Crippen LogP contribution >= 0.6 is 0 Å². The van der Waals surface area contributed by atoms with Gasteiger partial charge in [0.15, 0.2) is 0 Å². The van der Waals surface area contributed by atoms with E-state index in [1.54, 1.807) is 30.3 Å². The first-order chi connectivity index (χ1) is 8.59. The van der Waals surface area contributed by atoms with E-state index in [1.807, 2.05) is 6.07 Å². The summed E-state index contributed by atoms with van der Waals surface area (Å²) in [6.45, 7) is 0. The van der Waals surface area contributed by atoms with Crippen LogP contribution in [0.4, 0.5) is 0 Å². The number of rotatable bonds is 1. The van der Waals surface area contributed by atoms with Gasteiger partial charge in [-0.2, -0.15) is 16.8 Å². The van der Waals surface area contributed by atoms with Gasteiger partial charge < -0.3 is 0 Å². The van der Waals surface area contributed by atoms with Gasteiger partial charge in [-0.1, -0.05) is 36.4 Å². The van der Waals surface area contributed by atoms with E-state index in [1.165, 1.54) is 6.07 Å². The number of benzene rings is 2. The fraction of sp³-hybridized carbons (Fsp3) is 0. The molecule has 7 nitrogen and oxygen atoms in total. The molecule has 0 saturated carbocycles. The molecule has 0 aliphatic rings. The van der Waals surface area contributed by atoms with Crippen molar-refractivity contribution in [1.82, 2.24) is 0 Å². The van der Waals surface area contributed by atoms with Crippen molar-refractivity contribution in [3.05, 3.63) is 42.5 Å². The van der Waals surface area contributed by atoms with E-state index >= 15 is 0 Å². The zero-order valence-electron chi connectivity index (χ0n) is 9.33. The van der Waals surface area contributed by atoms with Crippen molar-refractivity contribution in [3.8, 4) is 0 Å². The Morgan fingerprint density at radius 3 is 1.62 bits per heavy atom. The molecule has 0 atom stereocenters. The van der Waals surface area contributed by atoms with Crippen molar-refractivity contribution < 1.29 is 30.5 Å². The first-order valence-corrected chi connectivity index (χ1v) is 7.58. The van der Waals surface area contributed by atoms with E-state index < -0.39 is 20.5 Å². The monoisotopic (exact) mass is 354 g/mol. The van der Waals surface area contributed by atoms with Crippen molar-refractivity contribution in [1.29, 1.82) is 0 Å². The van der Waals surface area contributed by atoms with E-state index in [0.29, 0.717) is 5.39 Å². The zero-order chi connectivity index (χ0) is 14.7.